The molecule has 0 radical (unpaired) electrons. The highest BCUT2D eigenvalue weighted by atomic mass is 28.3. The summed E-state index contributed by atoms with van der Waals surface area (Å²) in [4.78, 5) is 11.4. The molecule has 0 aromatic rings. The van der Waals surface area contributed by atoms with Gasteiger partial charge in [0.15, 0.2) is 0 Å². The van der Waals surface area contributed by atoms with Gasteiger partial charge < -0.3 is 4.74 Å². The van der Waals surface area contributed by atoms with Crippen LogP contribution in [0.5, 0.6) is 0 Å². The highest BCUT2D eigenvalue weighted by molar-refractivity contribution is 6.55. The van der Waals surface area contributed by atoms with Crippen molar-refractivity contribution in [1.82, 2.24) is 0 Å². The molecule has 1 rings (SSSR count). The summed E-state index contributed by atoms with van der Waals surface area (Å²) in [7, 11) is -0.540. The predicted molar refractivity (Wildman–Crippen MR) is 56.6 cm³/mol. The number of rotatable bonds is 4. The van der Waals surface area contributed by atoms with Crippen molar-refractivity contribution in [2.45, 2.75) is 44.8 Å². The van der Waals surface area contributed by atoms with Gasteiger partial charge in [-0.05, 0) is 18.9 Å². The Morgan fingerprint density at radius 3 is 2.54 bits per heavy atom. The van der Waals surface area contributed by atoms with Crippen LogP contribution in [0.2, 0.25) is 19.1 Å². The summed E-state index contributed by atoms with van der Waals surface area (Å²) < 4.78 is 5.23. The summed E-state index contributed by atoms with van der Waals surface area (Å²) in [5.74, 6) is 0.293. The third-order valence-corrected chi connectivity index (χ3v) is 4.02. The van der Waals surface area contributed by atoms with E-state index in [9.17, 15) is 4.79 Å². The minimum Gasteiger partial charge on any atom is -0.466 e. The van der Waals surface area contributed by atoms with Crippen molar-refractivity contribution in [2.75, 3.05) is 6.61 Å². The number of hydrogen-bond donors (Lipinski definition) is 0. The second-order valence-electron chi connectivity index (χ2n) is 4.33. The first-order valence-electron chi connectivity index (χ1n) is 5.37. The number of ether oxygens (including phenoxy) is 1. The zero-order valence-corrected chi connectivity index (χ0v) is 9.87. The fourth-order valence-corrected chi connectivity index (χ4v) is 2.26. The maximum Gasteiger partial charge on any atom is 0.308 e. The molecule has 1 aliphatic carbocycles. The van der Waals surface area contributed by atoms with E-state index in [0.717, 1.165) is 18.9 Å². The van der Waals surface area contributed by atoms with Gasteiger partial charge in [-0.1, -0.05) is 25.9 Å². The molecule has 3 heteroatoms. The molecular weight excluding hydrogens is 180 g/mol. The molecule has 0 saturated heterocycles. The van der Waals surface area contributed by atoms with Crippen molar-refractivity contribution < 1.29 is 9.53 Å². The highest BCUT2D eigenvalue weighted by Gasteiger charge is 2.23. The Kier molecular flexibility index (Phi) is 4.49. The second-order valence-corrected chi connectivity index (χ2v) is 7.70. The van der Waals surface area contributed by atoms with Crippen molar-refractivity contribution in [3.8, 4) is 0 Å². The van der Waals surface area contributed by atoms with Gasteiger partial charge in [-0.3, -0.25) is 4.79 Å². The summed E-state index contributed by atoms with van der Waals surface area (Å²) in [6.45, 7) is 5.23. The van der Waals surface area contributed by atoms with Gasteiger partial charge in [0.2, 0.25) is 0 Å². The summed E-state index contributed by atoms with van der Waals surface area (Å²) in [6.07, 6.45) is 4.52. The van der Waals surface area contributed by atoms with E-state index in [1.165, 1.54) is 12.8 Å². The Balaban J connectivity index is 2.10. The molecule has 0 aromatic heterocycles. The van der Waals surface area contributed by atoms with Crippen LogP contribution in [0.3, 0.4) is 0 Å². The monoisotopic (exact) mass is 200 g/mol. The van der Waals surface area contributed by atoms with Gasteiger partial charge in [0, 0.05) is 8.80 Å². The van der Waals surface area contributed by atoms with Crippen molar-refractivity contribution in [1.29, 1.82) is 0 Å². The first-order valence-corrected chi connectivity index (χ1v) is 8.49. The molecular formula is C10H20O2Si. The number of carbonyl (C=O) groups excluding carboxylic acids is 1. The lowest BCUT2D eigenvalue weighted by atomic mass is 10.1. The molecule has 0 spiro atoms. The van der Waals surface area contributed by atoms with E-state index in [1.807, 2.05) is 0 Å². The van der Waals surface area contributed by atoms with Crippen LogP contribution in [0, 0.1) is 5.92 Å². The molecule has 0 aromatic carbocycles. The minimum atomic E-state index is -0.540. The Morgan fingerprint density at radius 1 is 1.38 bits per heavy atom. The van der Waals surface area contributed by atoms with Gasteiger partial charge in [-0.2, -0.15) is 0 Å². The lowest BCUT2D eigenvalue weighted by molar-refractivity contribution is -0.147. The van der Waals surface area contributed by atoms with Gasteiger partial charge in [0.1, 0.15) is 0 Å². The Bertz CT molecular complexity index is 162. The molecule has 1 fully saturated rings. The zero-order valence-electron chi connectivity index (χ0n) is 8.71. The van der Waals surface area contributed by atoms with Crippen LogP contribution < -0.4 is 0 Å². The number of hydrogen-bond acceptors (Lipinski definition) is 2. The second kappa shape index (κ2) is 5.42. The Hall–Kier alpha value is -0.313. The first-order chi connectivity index (χ1) is 6.20. The van der Waals surface area contributed by atoms with E-state index in [-0.39, 0.29) is 11.9 Å². The molecule has 0 bridgehead atoms. The quantitative estimate of drug-likeness (QED) is 0.514. The SMILES string of the molecule is C[SiH](C)CCOC(=O)C1CCCC1. The lowest BCUT2D eigenvalue weighted by Crippen LogP contribution is -2.17. The molecule has 13 heavy (non-hydrogen) atoms. The van der Waals surface area contributed by atoms with Crippen LogP contribution in [0.1, 0.15) is 25.7 Å². The van der Waals surface area contributed by atoms with Crippen LogP contribution >= 0.6 is 0 Å². The summed E-state index contributed by atoms with van der Waals surface area (Å²) >= 11 is 0. The Morgan fingerprint density at radius 2 is 2.00 bits per heavy atom. The van der Waals surface area contributed by atoms with E-state index in [4.69, 9.17) is 4.74 Å². The third kappa shape index (κ3) is 3.94. The largest absolute Gasteiger partial charge is 0.466 e. The van der Waals surface area contributed by atoms with Crippen molar-refractivity contribution in [2.24, 2.45) is 5.92 Å². The smallest absolute Gasteiger partial charge is 0.308 e. The molecule has 0 heterocycles. The highest BCUT2D eigenvalue weighted by Crippen LogP contribution is 2.25. The number of carbonyl (C=O) groups is 1. The van der Waals surface area contributed by atoms with E-state index in [1.54, 1.807) is 0 Å². The zero-order chi connectivity index (χ0) is 9.68. The average Bonchev–Trinajstić information content (AvgIpc) is 2.55. The van der Waals surface area contributed by atoms with Crippen molar-refractivity contribution >= 4 is 14.8 Å². The third-order valence-electron chi connectivity index (χ3n) is 2.63. The molecule has 0 unspecified atom stereocenters. The van der Waals surface area contributed by atoms with Crippen LogP contribution in [0.15, 0.2) is 0 Å². The van der Waals surface area contributed by atoms with Crippen LogP contribution in [-0.2, 0) is 9.53 Å². The summed E-state index contributed by atoms with van der Waals surface area (Å²) in [6, 6.07) is 1.12. The fourth-order valence-electron chi connectivity index (χ4n) is 1.67. The van der Waals surface area contributed by atoms with Gasteiger partial charge in [0.05, 0.1) is 12.5 Å². The van der Waals surface area contributed by atoms with Crippen LogP contribution in [-0.4, -0.2) is 21.4 Å². The van der Waals surface area contributed by atoms with Crippen LogP contribution in [0.4, 0.5) is 0 Å². The fraction of sp³-hybridized carbons (Fsp3) is 0.900. The lowest BCUT2D eigenvalue weighted by Gasteiger charge is -2.09. The topological polar surface area (TPSA) is 26.3 Å². The molecule has 1 aliphatic rings. The number of esters is 1. The van der Waals surface area contributed by atoms with E-state index in [0.29, 0.717) is 6.61 Å². The van der Waals surface area contributed by atoms with E-state index >= 15 is 0 Å². The minimum absolute atomic E-state index is 0.0622. The molecule has 2 nitrogen and oxygen atoms in total. The Labute approximate surface area is 82.3 Å². The van der Waals surface area contributed by atoms with E-state index < -0.39 is 8.80 Å². The maximum absolute atomic E-state index is 11.4. The molecule has 0 atom stereocenters. The van der Waals surface area contributed by atoms with Gasteiger partial charge in [0.25, 0.3) is 0 Å². The predicted octanol–water partition coefficient (Wildman–Crippen LogP) is 2.21. The molecule has 76 valence electrons. The van der Waals surface area contributed by atoms with Crippen LogP contribution in [0.25, 0.3) is 0 Å². The molecule has 0 aliphatic heterocycles. The van der Waals surface area contributed by atoms with Gasteiger partial charge >= 0.3 is 5.97 Å². The van der Waals surface area contributed by atoms with Gasteiger partial charge in [-0.15, -0.1) is 0 Å². The maximum atomic E-state index is 11.4. The van der Waals surface area contributed by atoms with Gasteiger partial charge in [-0.25, -0.2) is 0 Å². The van der Waals surface area contributed by atoms with Crippen molar-refractivity contribution in [3.05, 3.63) is 0 Å². The normalized spacial score (nSPS) is 18.1. The van der Waals surface area contributed by atoms with E-state index in [2.05, 4.69) is 13.1 Å². The molecule has 0 amide bonds. The first kappa shape index (κ1) is 10.8. The standard InChI is InChI=1S/C10H20O2Si/c1-13(2)8-7-12-10(11)9-5-3-4-6-9/h9,13H,3-8H2,1-2H3. The summed E-state index contributed by atoms with van der Waals surface area (Å²) in [5, 5.41) is 0. The summed E-state index contributed by atoms with van der Waals surface area (Å²) in [5.41, 5.74) is 0. The molecule has 0 N–H and O–H groups in total. The molecule has 1 saturated carbocycles. The average molecular weight is 200 g/mol. The van der Waals surface area contributed by atoms with Crippen molar-refractivity contribution in [3.63, 3.8) is 0 Å².